The lowest BCUT2D eigenvalue weighted by atomic mass is 9.73. The van der Waals surface area contributed by atoms with Crippen LogP contribution in [0.5, 0.6) is 0 Å². The molecule has 1 heterocycles. The standard InChI is InChI=1S/C28H27BrCl3F4NO2/c1-14(2)18-6-4-15(3)10-23(18)39-26(38)25-27(28(34,35)36,16-11-20(30)24(32)21(31)12-16)8-9-37(25)17-5-7-22(33)19(29)13-17/h5,7-9,11-15,18,23,25H,4,6,10H2,1-3H3/t15?,18?,23?,25-,27?/m0/s1. The average molecular weight is 672 g/mol. The molecule has 2 aromatic carbocycles. The van der Waals surface area contributed by atoms with E-state index >= 15 is 13.2 Å². The van der Waals surface area contributed by atoms with Gasteiger partial charge in [0.25, 0.3) is 0 Å². The highest BCUT2D eigenvalue weighted by atomic mass is 79.9. The molecule has 2 aliphatic rings. The van der Waals surface area contributed by atoms with Gasteiger partial charge in [-0.15, -0.1) is 0 Å². The van der Waals surface area contributed by atoms with Crippen LogP contribution in [0.2, 0.25) is 15.1 Å². The van der Waals surface area contributed by atoms with Crippen LogP contribution in [0.1, 0.15) is 45.6 Å². The number of carbonyl (C=O) groups excluding carboxylic acids is 1. The molecule has 5 atom stereocenters. The molecular formula is C28H27BrCl3F4NO2. The molecule has 4 rings (SSSR count). The van der Waals surface area contributed by atoms with Gasteiger partial charge >= 0.3 is 12.1 Å². The molecule has 1 fully saturated rings. The normalized spacial score (nSPS) is 27.3. The predicted molar refractivity (Wildman–Crippen MR) is 150 cm³/mol. The zero-order valence-electron chi connectivity index (χ0n) is 21.3. The summed E-state index contributed by atoms with van der Waals surface area (Å²) in [5.41, 5.74) is -3.10. The molecule has 0 amide bonds. The number of carbonyl (C=O) groups is 1. The van der Waals surface area contributed by atoms with E-state index in [0.29, 0.717) is 6.42 Å². The Morgan fingerprint density at radius 2 is 1.77 bits per heavy atom. The average Bonchev–Trinajstić information content (AvgIpc) is 3.26. The van der Waals surface area contributed by atoms with Gasteiger partial charge in [0, 0.05) is 11.9 Å². The predicted octanol–water partition coefficient (Wildman–Crippen LogP) is 9.75. The highest BCUT2D eigenvalue weighted by molar-refractivity contribution is 9.10. The second-order valence-electron chi connectivity index (χ2n) is 10.6. The summed E-state index contributed by atoms with van der Waals surface area (Å²) >= 11 is 21.5. The minimum Gasteiger partial charge on any atom is -0.460 e. The Bertz CT molecular complexity index is 1260. The number of rotatable bonds is 5. The van der Waals surface area contributed by atoms with Gasteiger partial charge in [-0.1, -0.05) is 62.0 Å². The molecule has 1 saturated carbocycles. The van der Waals surface area contributed by atoms with Gasteiger partial charge in [-0.3, -0.25) is 0 Å². The SMILES string of the molecule is CC1CCC(C(C)C)C(OC(=O)[C@@H]2N(c3ccc(F)c(Br)c3)C=CC2(c2cc(Cl)c(Cl)c(Cl)c2)C(F)(F)F)C1. The summed E-state index contributed by atoms with van der Waals surface area (Å²) in [6.45, 7) is 6.06. The number of halogens is 8. The Morgan fingerprint density at radius 3 is 2.33 bits per heavy atom. The molecule has 39 heavy (non-hydrogen) atoms. The quantitative estimate of drug-likeness (QED) is 0.180. The summed E-state index contributed by atoms with van der Waals surface area (Å²) in [5.74, 6) is -1.22. The summed E-state index contributed by atoms with van der Waals surface area (Å²) in [5, 5.41) is -0.477. The van der Waals surface area contributed by atoms with Crippen LogP contribution in [0.4, 0.5) is 23.2 Å². The Kier molecular flexibility index (Phi) is 8.92. The van der Waals surface area contributed by atoms with Crippen molar-refractivity contribution in [1.82, 2.24) is 0 Å². The van der Waals surface area contributed by atoms with Crippen LogP contribution < -0.4 is 4.90 Å². The van der Waals surface area contributed by atoms with Crippen LogP contribution in [-0.4, -0.2) is 24.3 Å². The maximum absolute atomic E-state index is 15.3. The van der Waals surface area contributed by atoms with E-state index < -0.39 is 35.5 Å². The highest BCUT2D eigenvalue weighted by Gasteiger charge is 2.66. The smallest absolute Gasteiger partial charge is 0.404 e. The van der Waals surface area contributed by atoms with E-state index in [9.17, 15) is 9.18 Å². The number of hydrogen-bond acceptors (Lipinski definition) is 3. The van der Waals surface area contributed by atoms with Gasteiger partial charge in [-0.05, 0) is 88.5 Å². The van der Waals surface area contributed by atoms with Crippen LogP contribution in [0.15, 0.2) is 47.1 Å². The molecule has 4 unspecified atom stereocenters. The van der Waals surface area contributed by atoms with Crippen molar-refractivity contribution in [2.75, 3.05) is 4.90 Å². The van der Waals surface area contributed by atoms with E-state index in [1.165, 1.54) is 18.3 Å². The van der Waals surface area contributed by atoms with Crippen molar-refractivity contribution in [3.8, 4) is 0 Å². The number of esters is 1. The van der Waals surface area contributed by atoms with Crippen molar-refractivity contribution in [3.63, 3.8) is 0 Å². The molecule has 1 aliphatic carbocycles. The Hall–Kier alpha value is -1.48. The minimum atomic E-state index is -4.99. The van der Waals surface area contributed by atoms with Crippen LogP contribution in [0, 0.1) is 23.6 Å². The fraction of sp³-hybridized carbons (Fsp3) is 0.464. The van der Waals surface area contributed by atoms with Crippen molar-refractivity contribution in [2.45, 2.75) is 63.8 Å². The zero-order chi connectivity index (χ0) is 28.9. The van der Waals surface area contributed by atoms with Crippen molar-refractivity contribution in [2.24, 2.45) is 17.8 Å². The molecule has 0 N–H and O–H groups in total. The maximum Gasteiger partial charge on any atom is 0.404 e. The van der Waals surface area contributed by atoms with Crippen molar-refractivity contribution in [3.05, 3.63) is 73.5 Å². The molecule has 3 nitrogen and oxygen atoms in total. The number of anilines is 1. The molecular weight excluding hydrogens is 645 g/mol. The lowest BCUT2D eigenvalue weighted by Crippen LogP contribution is -2.58. The Morgan fingerprint density at radius 1 is 1.13 bits per heavy atom. The van der Waals surface area contributed by atoms with Crippen LogP contribution >= 0.6 is 50.7 Å². The van der Waals surface area contributed by atoms with Crippen molar-refractivity contribution >= 4 is 62.4 Å². The molecule has 11 heteroatoms. The van der Waals surface area contributed by atoms with Crippen molar-refractivity contribution in [1.29, 1.82) is 0 Å². The van der Waals surface area contributed by atoms with Gasteiger partial charge in [0.15, 0.2) is 6.04 Å². The molecule has 0 aromatic heterocycles. The fourth-order valence-electron chi connectivity index (χ4n) is 5.70. The third kappa shape index (κ3) is 5.68. The maximum atomic E-state index is 15.3. The second-order valence-corrected chi connectivity index (χ2v) is 12.7. The number of ether oxygens (including phenoxy) is 1. The number of alkyl halides is 3. The minimum absolute atomic E-state index is 0.00707. The van der Waals surface area contributed by atoms with E-state index in [2.05, 4.69) is 15.9 Å². The number of nitrogens with zero attached hydrogens (tertiary/aromatic N) is 1. The molecule has 0 saturated heterocycles. The second kappa shape index (κ2) is 11.4. The largest absolute Gasteiger partial charge is 0.460 e. The first kappa shape index (κ1) is 30.5. The van der Waals surface area contributed by atoms with Gasteiger partial charge in [0.1, 0.15) is 17.3 Å². The van der Waals surface area contributed by atoms with Crippen LogP contribution in [-0.2, 0) is 14.9 Å². The third-order valence-electron chi connectivity index (χ3n) is 7.79. The van der Waals surface area contributed by atoms with Gasteiger partial charge in [-0.2, -0.15) is 13.2 Å². The van der Waals surface area contributed by atoms with Crippen LogP contribution in [0.3, 0.4) is 0 Å². The van der Waals surface area contributed by atoms with Gasteiger partial charge in [0.2, 0.25) is 0 Å². The topological polar surface area (TPSA) is 29.5 Å². The monoisotopic (exact) mass is 669 g/mol. The van der Waals surface area contributed by atoms with Gasteiger partial charge in [0.05, 0.1) is 19.5 Å². The molecule has 0 radical (unpaired) electrons. The molecule has 2 aromatic rings. The highest BCUT2D eigenvalue weighted by Crippen LogP contribution is 2.53. The molecule has 1 aliphatic heterocycles. The van der Waals surface area contributed by atoms with Crippen molar-refractivity contribution < 1.29 is 27.1 Å². The summed E-state index contributed by atoms with van der Waals surface area (Å²) < 4.78 is 65.9. The first-order valence-corrected chi connectivity index (χ1v) is 14.4. The van der Waals surface area contributed by atoms with Gasteiger partial charge in [-0.25, -0.2) is 9.18 Å². The Balaban J connectivity index is 1.88. The summed E-state index contributed by atoms with van der Waals surface area (Å²) in [7, 11) is 0. The van der Waals surface area contributed by atoms with E-state index in [1.807, 2.05) is 20.8 Å². The fourth-order valence-corrected chi connectivity index (χ4v) is 6.66. The third-order valence-corrected chi connectivity index (χ3v) is 9.60. The number of benzene rings is 2. The van der Waals surface area contributed by atoms with E-state index in [0.717, 1.165) is 42.0 Å². The van der Waals surface area contributed by atoms with Crippen LogP contribution in [0.25, 0.3) is 0 Å². The lowest BCUT2D eigenvalue weighted by Gasteiger charge is -2.42. The number of hydrogen-bond donors (Lipinski definition) is 0. The first-order chi connectivity index (χ1) is 18.2. The van der Waals surface area contributed by atoms with E-state index in [1.54, 1.807) is 0 Å². The molecule has 0 bridgehead atoms. The first-order valence-electron chi connectivity index (χ1n) is 12.5. The lowest BCUT2D eigenvalue weighted by molar-refractivity contribution is -0.192. The van der Waals surface area contributed by atoms with E-state index in [4.69, 9.17) is 39.5 Å². The summed E-state index contributed by atoms with van der Waals surface area (Å²) in [6, 6.07) is 3.94. The zero-order valence-corrected chi connectivity index (χ0v) is 25.2. The Labute approximate surface area is 248 Å². The van der Waals surface area contributed by atoms with Gasteiger partial charge < -0.3 is 9.64 Å². The molecule has 0 spiro atoms. The summed E-state index contributed by atoms with van der Waals surface area (Å²) in [6.07, 6.45) is -1.17. The molecule has 212 valence electrons. The van der Waals surface area contributed by atoms with E-state index in [-0.39, 0.29) is 48.5 Å². The summed E-state index contributed by atoms with van der Waals surface area (Å²) in [4.78, 5) is 15.2.